The summed E-state index contributed by atoms with van der Waals surface area (Å²) < 4.78 is 5.44. The van der Waals surface area contributed by atoms with Crippen molar-refractivity contribution in [3.05, 3.63) is 62.3 Å². The molecule has 3 aromatic rings. The minimum Gasteiger partial charge on any atom is -0.423 e. The Morgan fingerprint density at radius 3 is 2.33 bits per heavy atom. The Morgan fingerprint density at radius 2 is 1.62 bits per heavy atom. The third-order valence-electron chi connectivity index (χ3n) is 3.65. The molecule has 4 heteroatoms. The summed E-state index contributed by atoms with van der Waals surface area (Å²) in [5.74, 6) is 0. The predicted octanol–water partition coefficient (Wildman–Crippen LogP) is 4.73. The molecule has 0 aromatic carbocycles. The van der Waals surface area contributed by atoms with Gasteiger partial charge < -0.3 is 4.42 Å². The van der Waals surface area contributed by atoms with Gasteiger partial charge in [0, 0.05) is 24.7 Å². The van der Waals surface area contributed by atoms with Crippen LogP contribution < -0.4 is 16.3 Å². The van der Waals surface area contributed by atoms with Crippen LogP contribution >= 0.6 is 22.7 Å². The van der Waals surface area contributed by atoms with E-state index in [-0.39, 0.29) is 5.63 Å². The van der Waals surface area contributed by atoms with Gasteiger partial charge >= 0.3 is 5.63 Å². The average Bonchev–Trinajstić information content (AvgIpc) is 3.24. The quantitative estimate of drug-likeness (QED) is 0.680. The fraction of sp³-hybridized carbons (Fsp3) is 0.150. The van der Waals surface area contributed by atoms with Gasteiger partial charge in [0.15, 0.2) is 0 Å². The predicted molar refractivity (Wildman–Crippen MR) is 106 cm³/mol. The molecular weight excluding hydrogens is 336 g/mol. The van der Waals surface area contributed by atoms with Crippen LogP contribution in [0.1, 0.15) is 25.6 Å². The van der Waals surface area contributed by atoms with Crippen LogP contribution in [-0.4, -0.2) is 0 Å². The highest BCUT2D eigenvalue weighted by Crippen LogP contribution is 2.36. The molecule has 0 aliphatic heterocycles. The maximum Gasteiger partial charge on any atom is 0.345 e. The molecule has 3 rings (SSSR count). The monoisotopic (exact) mass is 354 g/mol. The standard InChI is InChI=1S/C20H18O2S2/c1-4-7-14-8-9-18(23-14)19-11-10-17(24-19)15-12-13(5-2)16(6-3)22-20(15)21/h4-12H,1-3H3/b7-4+,13-5-,16-6+. The van der Waals surface area contributed by atoms with E-state index in [1.165, 1.54) is 14.6 Å². The Morgan fingerprint density at radius 1 is 0.917 bits per heavy atom. The van der Waals surface area contributed by atoms with Crippen LogP contribution in [0.25, 0.3) is 38.4 Å². The van der Waals surface area contributed by atoms with Crippen molar-refractivity contribution in [3.63, 3.8) is 0 Å². The first-order valence-electron chi connectivity index (χ1n) is 7.76. The average molecular weight is 354 g/mol. The van der Waals surface area contributed by atoms with Crippen molar-refractivity contribution in [1.82, 2.24) is 0 Å². The molecule has 0 aliphatic rings. The van der Waals surface area contributed by atoms with Crippen molar-refractivity contribution < 1.29 is 4.42 Å². The molecule has 3 aromatic heterocycles. The van der Waals surface area contributed by atoms with Gasteiger partial charge in [-0.2, -0.15) is 0 Å². The third-order valence-corrected chi connectivity index (χ3v) is 6.02. The van der Waals surface area contributed by atoms with Crippen LogP contribution in [0.4, 0.5) is 0 Å². The van der Waals surface area contributed by atoms with Crippen LogP contribution in [0.2, 0.25) is 0 Å². The van der Waals surface area contributed by atoms with E-state index < -0.39 is 0 Å². The largest absolute Gasteiger partial charge is 0.423 e. The molecule has 0 fully saturated rings. The van der Waals surface area contributed by atoms with Crippen molar-refractivity contribution >= 4 is 40.9 Å². The zero-order valence-corrected chi connectivity index (χ0v) is 15.5. The van der Waals surface area contributed by atoms with Gasteiger partial charge in [0.1, 0.15) is 5.42 Å². The van der Waals surface area contributed by atoms with Gasteiger partial charge in [-0.1, -0.05) is 12.2 Å². The zero-order valence-electron chi connectivity index (χ0n) is 13.8. The van der Waals surface area contributed by atoms with Gasteiger partial charge in [0.05, 0.1) is 5.56 Å². The molecule has 24 heavy (non-hydrogen) atoms. The summed E-state index contributed by atoms with van der Waals surface area (Å²) in [6.07, 6.45) is 7.91. The minimum atomic E-state index is -0.289. The Labute approximate surface area is 148 Å². The Kier molecular flexibility index (Phi) is 4.97. The van der Waals surface area contributed by atoms with E-state index in [4.69, 9.17) is 4.42 Å². The maximum atomic E-state index is 12.3. The SMILES string of the molecule is C/C=c1/cc(-c2ccc(-c3ccc(/C=C/C)s3)s2)c(=O)o/c1=C/C. The Balaban J connectivity index is 2.06. The Hall–Kier alpha value is -2.17. The fourth-order valence-corrected chi connectivity index (χ4v) is 4.56. The first-order chi connectivity index (χ1) is 11.7. The lowest BCUT2D eigenvalue weighted by atomic mass is 10.2. The molecule has 0 atom stereocenters. The van der Waals surface area contributed by atoms with Gasteiger partial charge in [0.25, 0.3) is 0 Å². The van der Waals surface area contributed by atoms with E-state index in [1.807, 2.05) is 51.1 Å². The van der Waals surface area contributed by atoms with Crippen molar-refractivity contribution in [2.45, 2.75) is 20.8 Å². The van der Waals surface area contributed by atoms with Crippen molar-refractivity contribution in [1.29, 1.82) is 0 Å². The van der Waals surface area contributed by atoms with E-state index >= 15 is 0 Å². The topological polar surface area (TPSA) is 30.2 Å². The maximum absolute atomic E-state index is 12.3. The number of thiophene rings is 2. The van der Waals surface area contributed by atoms with E-state index in [9.17, 15) is 4.79 Å². The summed E-state index contributed by atoms with van der Waals surface area (Å²) in [4.78, 5) is 16.8. The fourth-order valence-electron chi connectivity index (χ4n) is 2.48. The lowest BCUT2D eigenvalue weighted by molar-refractivity contribution is 0.475. The molecule has 0 radical (unpaired) electrons. The lowest BCUT2D eigenvalue weighted by Crippen LogP contribution is -2.29. The Bertz CT molecular complexity index is 1060. The van der Waals surface area contributed by atoms with Crippen molar-refractivity contribution in [3.8, 4) is 20.2 Å². The second-order valence-corrected chi connectivity index (χ2v) is 7.41. The summed E-state index contributed by atoms with van der Waals surface area (Å²) in [7, 11) is 0. The molecule has 0 aliphatic carbocycles. The van der Waals surface area contributed by atoms with Gasteiger partial charge in [-0.3, -0.25) is 0 Å². The molecule has 0 amide bonds. The van der Waals surface area contributed by atoms with Crippen LogP contribution in [0.5, 0.6) is 0 Å². The van der Waals surface area contributed by atoms with Crippen LogP contribution in [0, 0.1) is 0 Å². The highest BCUT2D eigenvalue weighted by atomic mass is 32.1. The highest BCUT2D eigenvalue weighted by Gasteiger charge is 2.11. The molecule has 0 saturated heterocycles. The summed E-state index contributed by atoms with van der Waals surface area (Å²) >= 11 is 3.37. The molecule has 0 saturated carbocycles. The molecule has 0 spiro atoms. The van der Waals surface area contributed by atoms with E-state index in [0.29, 0.717) is 11.0 Å². The van der Waals surface area contributed by atoms with Gasteiger partial charge in [-0.05, 0) is 63.3 Å². The lowest BCUT2D eigenvalue weighted by Gasteiger charge is -1.96. The van der Waals surface area contributed by atoms with E-state index in [0.717, 1.165) is 10.1 Å². The zero-order chi connectivity index (χ0) is 17.1. The molecule has 122 valence electrons. The normalized spacial score (nSPS) is 13.3. The van der Waals surface area contributed by atoms with Crippen molar-refractivity contribution in [2.24, 2.45) is 0 Å². The highest BCUT2D eigenvalue weighted by molar-refractivity contribution is 7.24. The van der Waals surface area contributed by atoms with E-state index in [1.54, 1.807) is 22.7 Å². The second kappa shape index (κ2) is 7.16. The molecule has 2 nitrogen and oxygen atoms in total. The summed E-state index contributed by atoms with van der Waals surface area (Å²) in [6, 6.07) is 10.2. The summed E-state index contributed by atoms with van der Waals surface area (Å²) in [6.45, 7) is 5.83. The first-order valence-corrected chi connectivity index (χ1v) is 9.39. The molecule has 0 bridgehead atoms. The van der Waals surface area contributed by atoms with Crippen LogP contribution in [-0.2, 0) is 0 Å². The van der Waals surface area contributed by atoms with Gasteiger partial charge in [-0.25, -0.2) is 4.79 Å². The van der Waals surface area contributed by atoms with E-state index in [2.05, 4.69) is 24.3 Å². The summed E-state index contributed by atoms with van der Waals surface area (Å²) in [5, 5.41) is 0.938. The molecule has 0 N–H and O–H groups in total. The van der Waals surface area contributed by atoms with Gasteiger partial charge in [0.2, 0.25) is 0 Å². The third kappa shape index (κ3) is 3.21. The number of hydrogen-bond acceptors (Lipinski definition) is 4. The van der Waals surface area contributed by atoms with Crippen LogP contribution in [0.15, 0.2) is 45.6 Å². The van der Waals surface area contributed by atoms with Gasteiger partial charge in [-0.15, -0.1) is 22.7 Å². The minimum absolute atomic E-state index is 0.289. The number of hydrogen-bond donors (Lipinski definition) is 0. The molecule has 3 heterocycles. The molecule has 0 unspecified atom stereocenters. The van der Waals surface area contributed by atoms with Crippen molar-refractivity contribution in [2.75, 3.05) is 0 Å². The number of rotatable bonds is 3. The number of allylic oxidation sites excluding steroid dienone is 1. The molecular formula is C20H18O2S2. The first kappa shape index (κ1) is 16.7. The summed E-state index contributed by atoms with van der Waals surface area (Å²) in [5.41, 5.74) is 0.954. The van der Waals surface area contributed by atoms with Crippen LogP contribution in [0.3, 0.4) is 0 Å². The second-order valence-electron chi connectivity index (χ2n) is 5.21. The smallest absolute Gasteiger partial charge is 0.345 e.